The third-order valence-corrected chi connectivity index (χ3v) is 6.95. The lowest BCUT2D eigenvalue weighted by molar-refractivity contribution is -0.140. The van der Waals surface area contributed by atoms with E-state index in [2.05, 4.69) is 36.4 Å². The quantitative estimate of drug-likeness (QED) is 0.457. The highest BCUT2D eigenvalue weighted by molar-refractivity contribution is 7.23. The van der Waals surface area contributed by atoms with E-state index in [9.17, 15) is 9.90 Å². The summed E-state index contributed by atoms with van der Waals surface area (Å²) in [6.45, 7) is 0. The topological polar surface area (TPSA) is 63.3 Å². The molecule has 1 saturated carbocycles. The normalized spacial score (nSPS) is 14.9. The molecule has 1 heterocycles. The fourth-order valence-corrected chi connectivity index (χ4v) is 4.95. The monoisotopic (exact) mass is 385 g/mol. The number of hydrogen-bond acceptors (Lipinski definition) is 3. The van der Waals surface area contributed by atoms with Gasteiger partial charge in [-0.1, -0.05) is 66.7 Å². The number of nitrogen functional groups attached to an aromatic ring is 1. The van der Waals surface area contributed by atoms with Crippen molar-refractivity contribution < 1.29 is 9.90 Å². The first-order valence-corrected chi connectivity index (χ1v) is 10.1. The van der Waals surface area contributed by atoms with Crippen LogP contribution in [0.4, 0.5) is 5.69 Å². The molecule has 5 rings (SSSR count). The summed E-state index contributed by atoms with van der Waals surface area (Å²) < 4.78 is 1.20. The molecule has 0 saturated heterocycles. The van der Waals surface area contributed by atoms with Gasteiger partial charge in [0.25, 0.3) is 0 Å². The number of carbonyl (C=O) groups is 1. The number of nitrogens with two attached hydrogens (primary N) is 1. The van der Waals surface area contributed by atoms with Crippen molar-refractivity contribution in [3.8, 4) is 21.6 Å². The van der Waals surface area contributed by atoms with Crippen molar-refractivity contribution in [3.63, 3.8) is 0 Å². The molecule has 4 aromatic rings. The van der Waals surface area contributed by atoms with E-state index in [1.54, 1.807) is 11.3 Å². The second kappa shape index (κ2) is 6.21. The Hall–Kier alpha value is -3.11. The number of rotatable bonds is 4. The Kier molecular flexibility index (Phi) is 3.78. The lowest BCUT2D eigenvalue weighted by Crippen LogP contribution is -2.19. The first kappa shape index (κ1) is 17.0. The van der Waals surface area contributed by atoms with Crippen molar-refractivity contribution in [2.45, 2.75) is 18.3 Å². The third kappa shape index (κ3) is 2.60. The summed E-state index contributed by atoms with van der Waals surface area (Å²) in [5, 5.41) is 10.6. The fourth-order valence-electron chi connectivity index (χ4n) is 3.83. The molecule has 138 valence electrons. The highest BCUT2D eigenvalue weighted by Crippen LogP contribution is 2.48. The third-order valence-electron chi connectivity index (χ3n) is 5.71. The Labute approximate surface area is 167 Å². The van der Waals surface area contributed by atoms with Gasteiger partial charge in [-0.15, -0.1) is 11.3 Å². The molecule has 3 aromatic carbocycles. The van der Waals surface area contributed by atoms with Gasteiger partial charge in [-0.3, -0.25) is 4.79 Å². The number of hydrogen-bond donors (Lipinski definition) is 2. The minimum absolute atomic E-state index is 0.652. The Morgan fingerprint density at radius 2 is 1.43 bits per heavy atom. The lowest BCUT2D eigenvalue weighted by Gasteiger charge is -2.11. The molecular weight excluding hydrogens is 366 g/mol. The van der Waals surface area contributed by atoms with E-state index in [1.807, 2.05) is 36.4 Å². The number of fused-ring (bicyclic) bond motifs is 1. The van der Waals surface area contributed by atoms with Crippen molar-refractivity contribution in [1.29, 1.82) is 0 Å². The second-order valence-electron chi connectivity index (χ2n) is 7.38. The van der Waals surface area contributed by atoms with E-state index >= 15 is 0 Å². The standard InChI is InChI=1S/C24H19NO2S/c25-21-19-3-1-2-4-20(19)28-22(21)17-7-5-15(6-8-17)16-9-11-18(12-10-16)24(13-14-24)23(26)27/h1-12H,13-14,25H2,(H,26,27). The molecular formula is C24H19NO2S. The van der Waals surface area contributed by atoms with E-state index in [4.69, 9.17) is 5.73 Å². The smallest absolute Gasteiger partial charge is 0.314 e. The van der Waals surface area contributed by atoms with Gasteiger partial charge in [0.1, 0.15) is 0 Å². The maximum atomic E-state index is 11.5. The molecule has 0 unspecified atom stereocenters. The molecule has 0 aliphatic heterocycles. The molecule has 1 aliphatic rings. The van der Waals surface area contributed by atoms with Gasteiger partial charge < -0.3 is 10.8 Å². The zero-order valence-corrected chi connectivity index (χ0v) is 16.0. The molecule has 0 amide bonds. The number of carboxylic acid groups (broad SMARTS) is 1. The molecule has 1 aliphatic carbocycles. The Morgan fingerprint density at radius 1 is 0.857 bits per heavy atom. The van der Waals surface area contributed by atoms with E-state index in [1.165, 1.54) is 4.70 Å². The average molecular weight is 385 g/mol. The van der Waals surface area contributed by atoms with Crippen LogP contribution in [0.5, 0.6) is 0 Å². The summed E-state index contributed by atoms with van der Waals surface area (Å²) in [4.78, 5) is 12.6. The summed E-state index contributed by atoms with van der Waals surface area (Å²) in [6.07, 6.45) is 1.46. The van der Waals surface area contributed by atoms with Gasteiger partial charge in [0.2, 0.25) is 0 Å². The van der Waals surface area contributed by atoms with Gasteiger partial charge in [0.15, 0.2) is 0 Å². The Balaban J connectivity index is 1.45. The van der Waals surface area contributed by atoms with Gasteiger partial charge in [-0.2, -0.15) is 0 Å². The van der Waals surface area contributed by atoms with Crippen LogP contribution in [0.3, 0.4) is 0 Å². The van der Waals surface area contributed by atoms with Gasteiger partial charge in [0.05, 0.1) is 16.0 Å². The van der Waals surface area contributed by atoms with Crippen LogP contribution in [-0.4, -0.2) is 11.1 Å². The summed E-state index contributed by atoms with van der Waals surface area (Å²) in [7, 11) is 0. The largest absolute Gasteiger partial charge is 0.481 e. The first-order chi connectivity index (χ1) is 13.6. The zero-order chi connectivity index (χ0) is 19.3. The number of thiophene rings is 1. The maximum Gasteiger partial charge on any atom is 0.314 e. The molecule has 1 aromatic heterocycles. The predicted molar refractivity (Wildman–Crippen MR) is 116 cm³/mol. The lowest BCUT2D eigenvalue weighted by atomic mass is 9.93. The van der Waals surface area contributed by atoms with Crippen molar-refractivity contribution in [2.75, 3.05) is 5.73 Å². The van der Waals surface area contributed by atoms with E-state index in [0.717, 1.165) is 51.0 Å². The Morgan fingerprint density at radius 3 is 2.00 bits per heavy atom. The molecule has 0 spiro atoms. The van der Waals surface area contributed by atoms with E-state index < -0.39 is 11.4 Å². The molecule has 28 heavy (non-hydrogen) atoms. The van der Waals surface area contributed by atoms with Crippen LogP contribution in [0.1, 0.15) is 18.4 Å². The van der Waals surface area contributed by atoms with Crippen molar-refractivity contribution in [3.05, 3.63) is 78.4 Å². The highest BCUT2D eigenvalue weighted by atomic mass is 32.1. The fraction of sp³-hybridized carbons (Fsp3) is 0.125. The minimum Gasteiger partial charge on any atom is -0.481 e. The first-order valence-electron chi connectivity index (χ1n) is 9.30. The number of carboxylic acids is 1. The summed E-state index contributed by atoms with van der Waals surface area (Å²) >= 11 is 1.71. The van der Waals surface area contributed by atoms with Crippen molar-refractivity contribution >= 4 is 33.1 Å². The van der Waals surface area contributed by atoms with Crippen molar-refractivity contribution in [1.82, 2.24) is 0 Å². The van der Waals surface area contributed by atoms with Crippen LogP contribution < -0.4 is 5.73 Å². The summed E-state index contributed by atoms with van der Waals surface area (Å²) in [5.74, 6) is -0.717. The van der Waals surface area contributed by atoms with Crippen LogP contribution in [0.25, 0.3) is 31.7 Å². The molecule has 0 bridgehead atoms. The molecule has 0 radical (unpaired) electrons. The summed E-state index contributed by atoms with van der Waals surface area (Å²) in [5.41, 5.74) is 10.8. The van der Waals surface area contributed by atoms with Crippen LogP contribution in [-0.2, 0) is 10.2 Å². The van der Waals surface area contributed by atoms with Gasteiger partial charge in [-0.25, -0.2) is 0 Å². The van der Waals surface area contributed by atoms with Gasteiger partial charge in [0, 0.05) is 10.1 Å². The van der Waals surface area contributed by atoms with Crippen molar-refractivity contribution in [2.24, 2.45) is 0 Å². The SMILES string of the molecule is Nc1c(-c2ccc(-c3ccc(C4(C(=O)O)CC4)cc3)cc2)sc2ccccc12. The Bertz CT molecular complexity index is 1190. The molecule has 3 N–H and O–H groups in total. The highest BCUT2D eigenvalue weighted by Gasteiger charge is 2.51. The van der Waals surface area contributed by atoms with Crippen LogP contribution in [0.15, 0.2) is 72.8 Å². The maximum absolute atomic E-state index is 11.5. The number of benzene rings is 3. The van der Waals surface area contributed by atoms with E-state index in [0.29, 0.717) is 0 Å². The molecule has 3 nitrogen and oxygen atoms in total. The number of anilines is 1. The minimum atomic E-state index is -0.717. The van der Waals surface area contributed by atoms with Crippen LogP contribution in [0, 0.1) is 0 Å². The molecule has 1 fully saturated rings. The zero-order valence-electron chi connectivity index (χ0n) is 15.2. The second-order valence-corrected chi connectivity index (χ2v) is 8.44. The van der Waals surface area contributed by atoms with Crippen LogP contribution in [0.2, 0.25) is 0 Å². The average Bonchev–Trinajstić information content (AvgIpc) is 3.48. The van der Waals surface area contributed by atoms with Gasteiger partial charge >= 0.3 is 5.97 Å². The van der Waals surface area contributed by atoms with E-state index in [-0.39, 0.29) is 0 Å². The van der Waals surface area contributed by atoms with Gasteiger partial charge in [-0.05, 0) is 41.2 Å². The van der Waals surface area contributed by atoms with Crippen LogP contribution >= 0.6 is 11.3 Å². The predicted octanol–water partition coefficient (Wildman–Crippen LogP) is 5.93. The number of aliphatic carboxylic acids is 1. The summed E-state index contributed by atoms with van der Waals surface area (Å²) in [6, 6.07) is 24.5. The molecule has 4 heteroatoms. The molecule has 0 atom stereocenters.